The largest absolute Gasteiger partial charge is 0.465 e. The topological polar surface area (TPSA) is 90.3 Å². The van der Waals surface area contributed by atoms with Crippen molar-refractivity contribution in [2.24, 2.45) is 0 Å². The van der Waals surface area contributed by atoms with Crippen LogP contribution in [0.25, 0.3) is 10.9 Å². The molecule has 1 amide bonds. The van der Waals surface area contributed by atoms with Crippen molar-refractivity contribution in [1.29, 1.82) is 0 Å². The summed E-state index contributed by atoms with van der Waals surface area (Å²) in [7, 11) is 1.27. The number of ether oxygens (including phenoxy) is 1. The van der Waals surface area contributed by atoms with E-state index < -0.39 is 17.4 Å². The molecule has 0 atom stereocenters. The highest BCUT2D eigenvalue weighted by Crippen LogP contribution is 2.25. The number of amides is 1. The molecule has 0 bridgehead atoms. The van der Waals surface area contributed by atoms with Crippen LogP contribution in [0.15, 0.2) is 47.5 Å². The van der Waals surface area contributed by atoms with Crippen molar-refractivity contribution in [1.82, 2.24) is 9.55 Å². The highest BCUT2D eigenvalue weighted by molar-refractivity contribution is 6.36. The molecule has 0 aliphatic carbocycles. The molecule has 0 saturated carbocycles. The van der Waals surface area contributed by atoms with Crippen LogP contribution in [0, 0.1) is 0 Å². The van der Waals surface area contributed by atoms with Crippen LogP contribution in [0.3, 0.4) is 0 Å². The average molecular weight is 406 g/mol. The van der Waals surface area contributed by atoms with Crippen LogP contribution in [0.4, 0.5) is 5.69 Å². The SMILES string of the molecule is COC(=O)c1ccc2c(=O)n(CC(=O)Nc3ccc(Cl)cc3Cl)cnc2c1. The maximum absolute atomic E-state index is 12.6. The number of halogens is 2. The van der Waals surface area contributed by atoms with Gasteiger partial charge in [-0.15, -0.1) is 0 Å². The smallest absolute Gasteiger partial charge is 0.337 e. The second kappa shape index (κ2) is 7.77. The van der Waals surface area contributed by atoms with Gasteiger partial charge in [0.25, 0.3) is 5.56 Å². The summed E-state index contributed by atoms with van der Waals surface area (Å²) in [6.07, 6.45) is 1.24. The Morgan fingerprint density at radius 2 is 1.96 bits per heavy atom. The Morgan fingerprint density at radius 3 is 2.67 bits per heavy atom. The number of nitrogens with zero attached hydrogens (tertiary/aromatic N) is 2. The minimum Gasteiger partial charge on any atom is -0.465 e. The summed E-state index contributed by atoms with van der Waals surface area (Å²) in [5, 5.41) is 3.63. The summed E-state index contributed by atoms with van der Waals surface area (Å²) in [6.45, 7) is -0.251. The van der Waals surface area contributed by atoms with Crippen molar-refractivity contribution < 1.29 is 14.3 Å². The van der Waals surface area contributed by atoms with Gasteiger partial charge >= 0.3 is 5.97 Å². The van der Waals surface area contributed by atoms with Crippen molar-refractivity contribution in [2.45, 2.75) is 6.54 Å². The van der Waals surface area contributed by atoms with Gasteiger partial charge in [0.15, 0.2) is 0 Å². The van der Waals surface area contributed by atoms with E-state index in [1.807, 2.05) is 0 Å². The van der Waals surface area contributed by atoms with E-state index in [1.54, 1.807) is 12.1 Å². The monoisotopic (exact) mass is 405 g/mol. The zero-order valence-corrected chi connectivity index (χ0v) is 15.5. The van der Waals surface area contributed by atoms with Gasteiger partial charge in [0, 0.05) is 5.02 Å². The molecule has 0 aliphatic heterocycles. The summed E-state index contributed by atoms with van der Waals surface area (Å²) in [5.41, 5.74) is 0.592. The van der Waals surface area contributed by atoms with E-state index >= 15 is 0 Å². The van der Waals surface area contributed by atoms with Gasteiger partial charge in [-0.25, -0.2) is 9.78 Å². The number of aromatic nitrogens is 2. The second-order valence-corrected chi connectivity index (χ2v) is 6.42. The summed E-state index contributed by atoms with van der Waals surface area (Å²) >= 11 is 11.8. The van der Waals surface area contributed by atoms with Crippen molar-refractivity contribution >= 4 is 51.7 Å². The fraction of sp³-hybridized carbons (Fsp3) is 0.111. The molecule has 0 spiro atoms. The van der Waals surface area contributed by atoms with Crippen molar-refractivity contribution in [2.75, 3.05) is 12.4 Å². The third-order valence-electron chi connectivity index (χ3n) is 3.77. The molecule has 2 aromatic carbocycles. The summed E-state index contributed by atoms with van der Waals surface area (Å²) in [6, 6.07) is 9.06. The Labute approximate surface area is 163 Å². The third kappa shape index (κ3) is 4.10. The van der Waals surface area contributed by atoms with Crippen LogP contribution in [-0.2, 0) is 16.1 Å². The Hall–Kier alpha value is -2.90. The number of hydrogen-bond donors (Lipinski definition) is 1. The Morgan fingerprint density at radius 1 is 1.19 bits per heavy atom. The van der Waals surface area contributed by atoms with Crippen molar-refractivity contribution in [3.8, 4) is 0 Å². The van der Waals surface area contributed by atoms with Gasteiger partial charge in [0.2, 0.25) is 5.91 Å². The van der Waals surface area contributed by atoms with Gasteiger partial charge in [-0.3, -0.25) is 14.2 Å². The van der Waals surface area contributed by atoms with E-state index in [9.17, 15) is 14.4 Å². The quantitative estimate of drug-likeness (QED) is 0.673. The number of carbonyl (C=O) groups is 2. The van der Waals surface area contributed by atoms with Crippen LogP contribution >= 0.6 is 23.2 Å². The molecule has 3 rings (SSSR count). The minimum absolute atomic E-state index is 0.251. The predicted octanol–water partition coefficient (Wildman–Crippen LogP) is 3.13. The molecule has 1 aromatic heterocycles. The maximum atomic E-state index is 12.6. The molecule has 138 valence electrons. The van der Waals surface area contributed by atoms with Crippen LogP contribution in [-0.4, -0.2) is 28.5 Å². The first-order valence-electron chi connectivity index (χ1n) is 7.71. The summed E-state index contributed by atoms with van der Waals surface area (Å²) in [4.78, 5) is 40.5. The molecular formula is C18H13Cl2N3O4. The van der Waals surface area contributed by atoms with E-state index in [4.69, 9.17) is 23.2 Å². The number of benzene rings is 2. The average Bonchev–Trinajstić information content (AvgIpc) is 2.65. The maximum Gasteiger partial charge on any atom is 0.337 e. The summed E-state index contributed by atoms with van der Waals surface area (Å²) in [5.74, 6) is -0.976. The van der Waals surface area contributed by atoms with Gasteiger partial charge in [-0.2, -0.15) is 0 Å². The number of hydrogen-bond acceptors (Lipinski definition) is 5. The van der Waals surface area contributed by atoms with E-state index in [2.05, 4.69) is 15.0 Å². The molecule has 0 radical (unpaired) electrons. The molecule has 7 nitrogen and oxygen atoms in total. The molecule has 0 unspecified atom stereocenters. The molecular weight excluding hydrogens is 393 g/mol. The van der Waals surface area contributed by atoms with Crippen LogP contribution in [0.1, 0.15) is 10.4 Å². The van der Waals surface area contributed by atoms with Gasteiger partial charge < -0.3 is 10.1 Å². The van der Waals surface area contributed by atoms with Gasteiger partial charge in [0.1, 0.15) is 6.54 Å². The van der Waals surface area contributed by atoms with E-state index in [-0.39, 0.29) is 22.5 Å². The number of fused-ring (bicyclic) bond motifs is 1. The first-order valence-corrected chi connectivity index (χ1v) is 8.47. The lowest BCUT2D eigenvalue weighted by Crippen LogP contribution is -2.28. The fourth-order valence-corrected chi connectivity index (χ4v) is 2.91. The fourth-order valence-electron chi connectivity index (χ4n) is 2.45. The number of methoxy groups -OCH3 is 1. The number of rotatable bonds is 4. The second-order valence-electron chi connectivity index (χ2n) is 5.57. The molecule has 3 aromatic rings. The lowest BCUT2D eigenvalue weighted by molar-refractivity contribution is -0.116. The number of esters is 1. The summed E-state index contributed by atoms with van der Waals surface area (Å²) < 4.78 is 5.81. The molecule has 27 heavy (non-hydrogen) atoms. The highest BCUT2D eigenvalue weighted by atomic mass is 35.5. The number of anilines is 1. The Balaban J connectivity index is 1.84. The number of nitrogens with one attached hydrogen (secondary N) is 1. The van der Waals surface area contributed by atoms with E-state index in [1.165, 1.54) is 42.3 Å². The van der Waals surface area contributed by atoms with Crippen LogP contribution in [0.2, 0.25) is 10.0 Å². The normalized spacial score (nSPS) is 10.6. The molecule has 0 aliphatic rings. The first kappa shape index (κ1) is 18.9. The molecule has 0 saturated heterocycles. The zero-order chi connectivity index (χ0) is 19.6. The highest BCUT2D eigenvalue weighted by Gasteiger charge is 2.12. The first-order chi connectivity index (χ1) is 12.9. The van der Waals surface area contributed by atoms with Crippen LogP contribution < -0.4 is 10.9 Å². The third-order valence-corrected chi connectivity index (χ3v) is 4.31. The Bertz CT molecular complexity index is 1110. The molecule has 1 N–H and O–H groups in total. The Kier molecular flexibility index (Phi) is 5.43. The van der Waals surface area contributed by atoms with Gasteiger partial charge in [0.05, 0.1) is 40.6 Å². The predicted molar refractivity (Wildman–Crippen MR) is 102 cm³/mol. The van der Waals surface area contributed by atoms with Crippen molar-refractivity contribution in [3.05, 3.63) is 68.7 Å². The minimum atomic E-state index is -0.526. The lowest BCUT2D eigenvalue weighted by atomic mass is 10.1. The molecule has 1 heterocycles. The van der Waals surface area contributed by atoms with E-state index in [0.29, 0.717) is 16.2 Å². The molecule has 0 fully saturated rings. The van der Waals surface area contributed by atoms with Gasteiger partial charge in [-0.05, 0) is 36.4 Å². The number of carbonyl (C=O) groups excluding carboxylic acids is 2. The van der Waals surface area contributed by atoms with Crippen molar-refractivity contribution in [3.63, 3.8) is 0 Å². The standard InChI is InChI=1S/C18H13Cl2N3O4/c1-27-18(26)10-2-4-12-15(6-10)21-9-23(17(12)25)8-16(24)22-14-5-3-11(19)7-13(14)20/h2-7,9H,8H2,1H3,(H,22,24). The molecule has 9 heteroatoms. The van der Waals surface area contributed by atoms with E-state index in [0.717, 1.165) is 0 Å². The lowest BCUT2D eigenvalue weighted by Gasteiger charge is -2.10. The zero-order valence-electron chi connectivity index (χ0n) is 14.0. The van der Waals surface area contributed by atoms with Gasteiger partial charge in [-0.1, -0.05) is 23.2 Å². The van der Waals surface area contributed by atoms with Crippen LogP contribution in [0.5, 0.6) is 0 Å².